The molecule has 16 heavy (non-hydrogen) atoms. The highest BCUT2D eigenvalue weighted by molar-refractivity contribution is 7.12. The third-order valence-corrected chi connectivity index (χ3v) is 3.69. The largest absolute Gasteiger partial charge is 0.477 e. The molecule has 0 atom stereocenters. The number of thiophene rings is 1. The first-order chi connectivity index (χ1) is 7.75. The van der Waals surface area contributed by atoms with Crippen LogP contribution in [0.25, 0.3) is 0 Å². The molecule has 2 nitrogen and oxygen atoms in total. The Morgan fingerprint density at radius 3 is 2.62 bits per heavy atom. The van der Waals surface area contributed by atoms with E-state index in [4.69, 9.17) is 5.11 Å². The van der Waals surface area contributed by atoms with Crippen LogP contribution in [0.5, 0.6) is 0 Å². The van der Waals surface area contributed by atoms with Crippen LogP contribution in [0.4, 0.5) is 0 Å². The lowest BCUT2D eigenvalue weighted by atomic mass is 10.1. The summed E-state index contributed by atoms with van der Waals surface area (Å²) < 4.78 is 0. The van der Waals surface area contributed by atoms with Crippen molar-refractivity contribution in [3.05, 3.63) is 21.9 Å². The van der Waals surface area contributed by atoms with Crippen molar-refractivity contribution in [3.8, 4) is 0 Å². The van der Waals surface area contributed by atoms with Gasteiger partial charge in [0.25, 0.3) is 0 Å². The molecular weight excluding hydrogens is 220 g/mol. The van der Waals surface area contributed by atoms with Crippen molar-refractivity contribution >= 4 is 17.3 Å². The number of aryl methyl sites for hydroxylation is 1. The standard InChI is InChI=1S/C13H20O2S/c1-2-3-4-5-6-7-8-11-9-10-16-12(11)13(14)15/h9-10H,2-8H2,1H3,(H,14,15). The predicted molar refractivity (Wildman–Crippen MR) is 68.4 cm³/mol. The molecule has 0 radical (unpaired) electrons. The minimum absolute atomic E-state index is 0.522. The van der Waals surface area contributed by atoms with Gasteiger partial charge in [-0.25, -0.2) is 4.79 Å². The summed E-state index contributed by atoms with van der Waals surface area (Å²) in [5, 5.41) is 10.8. The zero-order valence-corrected chi connectivity index (χ0v) is 10.7. The molecule has 1 rings (SSSR count). The molecule has 0 saturated carbocycles. The highest BCUT2D eigenvalue weighted by Gasteiger charge is 2.10. The predicted octanol–water partition coefficient (Wildman–Crippen LogP) is 4.35. The van der Waals surface area contributed by atoms with Crippen molar-refractivity contribution < 1.29 is 9.90 Å². The van der Waals surface area contributed by atoms with Gasteiger partial charge in [0.05, 0.1) is 0 Å². The molecule has 1 aromatic rings. The van der Waals surface area contributed by atoms with Gasteiger partial charge in [0.2, 0.25) is 0 Å². The molecule has 0 spiro atoms. The first-order valence-electron chi connectivity index (χ1n) is 6.05. The number of hydrogen-bond acceptors (Lipinski definition) is 2. The van der Waals surface area contributed by atoms with E-state index in [2.05, 4.69) is 6.92 Å². The lowest BCUT2D eigenvalue weighted by Crippen LogP contribution is -1.97. The Balaban J connectivity index is 2.21. The van der Waals surface area contributed by atoms with E-state index in [1.807, 2.05) is 11.4 Å². The van der Waals surface area contributed by atoms with Crippen LogP contribution in [-0.4, -0.2) is 11.1 Å². The van der Waals surface area contributed by atoms with Crippen molar-refractivity contribution in [1.29, 1.82) is 0 Å². The summed E-state index contributed by atoms with van der Waals surface area (Å²) >= 11 is 1.33. The summed E-state index contributed by atoms with van der Waals surface area (Å²) in [4.78, 5) is 11.4. The van der Waals surface area contributed by atoms with Gasteiger partial charge in [-0.2, -0.15) is 0 Å². The van der Waals surface area contributed by atoms with E-state index in [0.717, 1.165) is 18.4 Å². The van der Waals surface area contributed by atoms with Gasteiger partial charge in [0.15, 0.2) is 0 Å². The van der Waals surface area contributed by atoms with Crippen LogP contribution >= 0.6 is 11.3 Å². The van der Waals surface area contributed by atoms with Crippen LogP contribution < -0.4 is 0 Å². The SMILES string of the molecule is CCCCCCCCc1ccsc1C(=O)O. The molecule has 0 aliphatic heterocycles. The second kappa shape index (κ2) is 7.44. The fourth-order valence-electron chi connectivity index (χ4n) is 1.82. The van der Waals surface area contributed by atoms with Crippen LogP contribution in [0.2, 0.25) is 0 Å². The Morgan fingerprint density at radius 1 is 1.25 bits per heavy atom. The molecule has 0 unspecified atom stereocenters. The van der Waals surface area contributed by atoms with Gasteiger partial charge in [0.1, 0.15) is 4.88 Å². The summed E-state index contributed by atoms with van der Waals surface area (Å²) in [6.45, 7) is 2.21. The zero-order chi connectivity index (χ0) is 11.8. The number of carboxylic acids is 1. The number of unbranched alkanes of at least 4 members (excludes halogenated alkanes) is 5. The first-order valence-corrected chi connectivity index (χ1v) is 6.93. The van der Waals surface area contributed by atoms with Crippen LogP contribution in [-0.2, 0) is 6.42 Å². The maximum atomic E-state index is 10.9. The summed E-state index contributed by atoms with van der Waals surface area (Å²) in [6, 6.07) is 1.94. The van der Waals surface area contributed by atoms with E-state index >= 15 is 0 Å². The maximum absolute atomic E-state index is 10.9. The Morgan fingerprint density at radius 2 is 1.94 bits per heavy atom. The molecule has 0 amide bonds. The van der Waals surface area contributed by atoms with Crippen molar-refractivity contribution in [2.45, 2.75) is 51.9 Å². The highest BCUT2D eigenvalue weighted by Crippen LogP contribution is 2.19. The van der Waals surface area contributed by atoms with Gasteiger partial charge in [-0.05, 0) is 29.9 Å². The number of hydrogen-bond donors (Lipinski definition) is 1. The average molecular weight is 240 g/mol. The van der Waals surface area contributed by atoms with E-state index in [1.165, 1.54) is 43.4 Å². The molecule has 0 bridgehead atoms. The smallest absolute Gasteiger partial charge is 0.346 e. The normalized spacial score (nSPS) is 10.6. The van der Waals surface area contributed by atoms with E-state index in [1.54, 1.807) is 0 Å². The molecule has 1 heterocycles. The molecule has 3 heteroatoms. The molecule has 0 fully saturated rings. The fourth-order valence-corrected chi connectivity index (χ4v) is 2.61. The molecule has 1 N–H and O–H groups in total. The third kappa shape index (κ3) is 4.35. The van der Waals surface area contributed by atoms with E-state index in [-0.39, 0.29) is 0 Å². The van der Waals surface area contributed by atoms with Crippen molar-refractivity contribution in [2.75, 3.05) is 0 Å². The maximum Gasteiger partial charge on any atom is 0.346 e. The second-order valence-electron chi connectivity index (χ2n) is 4.10. The molecule has 0 aliphatic rings. The molecular formula is C13H20O2S. The average Bonchev–Trinajstić information content (AvgIpc) is 2.71. The summed E-state index contributed by atoms with van der Waals surface area (Å²) in [5.74, 6) is -0.781. The van der Waals surface area contributed by atoms with Crippen molar-refractivity contribution in [2.24, 2.45) is 0 Å². The Labute approximate surface area is 101 Å². The van der Waals surface area contributed by atoms with E-state index < -0.39 is 5.97 Å². The number of carboxylic acid groups (broad SMARTS) is 1. The van der Waals surface area contributed by atoms with Crippen LogP contribution in [0.1, 0.15) is 60.7 Å². The number of rotatable bonds is 8. The van der Waals surface area contributed by atoms with Crippen LogP contribution in [0, 0.1) is 0 Å². The zero-order valence-electron chi connectivity index (χ0n) is 9.87. The summed E-state index contributed by atoms with van der Waals surface area (Å²) in [5.41, 5.74) is 1.01. The Bertz CT molecular complexity index is 317. The van der Waals surface area contributed by atoms with E-state index in [9.17, 15) is 4.79 Å². The van der Waals surface area contributed by atoms with Gasteiger partial charge >= 0.3 is 5.97 Å². The minimum Gasteiger partial charge on any atom is -0.477 e. The molecule has 1 aromatic heterocycles. The van der Waals surface area contributed by atoms with Crippen molar-refractivity contribution in [1.82, 2.24) is 0 Å². The fraction of sp³-hybridized carbons (Fsp3) is 0.615. The van der Waals surface area contributed by atoms with Gasteiger partial charge in [-0.1, -0.05) is 39.0 Å². The first kappa shape index (κ1) is 13.2. The Kier molecular flexibility index (Phi) is 6.16. The van der Waals surface area contributed by atoms with Crippen LogP contribution in [0.15, 0.2) is 11.4 Å². The van der Waals surface area contributed by atoms with Crippen LogP contribution in [0.3, 0.4) is 0 Å². The minimum atomic E-state index is -0.781. The third-order valence-electron chi connectivity index (χ3n) is 2.74. The van der Waals surface area contributed by atoms with E-state index in [0.29, 0.717) is 4.88 Å². The summed E-state index contributed by atoms with van der Waals surface area (Å²) in [6.07, 6.45) is 8.42. The van der Waals surface area contributed by atoms with Gasteiger partial charge < -0.3 is 5.11 Å². The lowest BCUT2D eigenvalue weighted by Gasteiger charge is -2.01. The molecule has 90 valence electrons. The molecule has 0 aromatic carbocycles. The topological polar surface area (TPSA) is 37.3 Å². The van der Waals surface area contributed by atoms with Gasteiger partial charge in [-0.3, -0.25) is 0 Å². The number of aromatic carboxylic acids is 1. The van der Waals surface area contributed by atoms with Crippen molar-refractivity contribution in [3.63, 3.8) is 0 Å². The molecule has 0 saturated heterocycles. The Hall–Kier alpha value is -0.830. The quantitative estimate of drug-likeness (QED) is 0.686. The van der Waals surface area contributed by atoms with Gasteiger partial charge in [0, 0.05) is 0 Å². The van der Waals surface area contributed by atoms with Gasteiger partial charge in [-0.15, -0.1) is 11.3 Å². The summed E-state index contributed by atoms with van der Waals surface area (Å²) in [7, 11) is 0. The highest BCUT2D eigenvalue weighted by atomic mass is 32.1. The number of carbonyl (C=O) groups is 1. The second-order valence-corrected chi connectivity index (χ2v) is 5.01. The molecule has 0 aliphatic carbocycles. The lowest BCUT2D eigenvalue weighted by molar-refractivity contribution is 0.0701. The monoisotopic (exact) mass is 240 g/mol.